The molecule has 100 valence electrons. The van der Waals surface area contributed by atoms with Crippen LogP contribution in [0.2, 0.25) is 0 Å². The van der Waals surface area contributed by atoms with Crippen LogP contribution in [-0.4, -0.2) is 0 Å². The lowest BCUT2D eigenvalue weighted by atomic mass is 10.0. The maximum Gasteiger partial charge on any atom is 0.166 e. The van der Waals surface area contributed by atoms with Crippen LogP contribution in [0.4, 0.5) is 0 Å². The second kappa shape index (κ2) is 6.15. The molecule has 0 aliphatic heterocycles. The van der Waals surface area contributed by atoms with E-state index in [2.05, 4.69) is 85.8 Å². The van der Waals surface area contributed by atoms with Crippen molar-refractivity contribution in [1.29, 1.82) is 0 Å². The summed E-state index contributed by atoms with van der Waals surface area (Å²) in [6.45, 7) is 2.29. The Morgan fingerprint density at radius 2 is 1.40 bits per heavy atom. The van der Waals surface area contributed by atoms with Gasteiger partial charge in [0.15, 0.2) is 9.79 Å². The zero-order valence-corrected chi connectivity index (χ0v) is 12.5. The smallest absolute Gasteiger partial charge is 0.0810 e. The average molecular weight is 279 g/mol. The SMILES string of the molecule is CC1C=CC=C([S+](c2ccccc2)c2ccccc2)C1. The molecule has 0 radical (unpaired) electrons. The lowest BCUT2D eigenvalue weighted by Crippen LogP contribution is -2.11. The van der Waals surface area contributed by atoms with Gasteiger partial charge in [0.1, 0.15) is 4.91 Å². The van der Waals surface area contributed by atoms with Crippen LogP contribution < -0.4 is 0 Å². The van der Waals surface area contributed by atoms with E-state index in [1.165, 1.54) is 14.7 Å². The Kier molecular flexibility index (Phi) is 4.08. The number of benzene rings is 2. The summed E-state index contributed by atoms with van der Waals surface area (Å²) < 4.78 is 0. The first-order chi connectivity index (χ1) is 9.84. The second-order valence-corrected chi connectivity index (χ2v) is 7.21. The van der Waals surface area contributed by atoms with Crippen LogP contribution in [0, 0.1) is 5.92 Å². The van der Waals surface area contributed by atoms with E-state index in [-0.39, 0.29) is 10.9 Å². The molecule has 0 aromatic heterocycles. The van der Waals surface area contributed by atoms with Crippen molar-refractivity contribution < 1.29 is 0 Å². The summed E-state index contributed by atoms with van der Waals surface area (Å²) in [6, 6.07) is 21.7. The lowest BCUT2D eigenvalue weighted by molar-refractivity contribution is 0.728. The fourth-order valence-corrected chi connectivity index (χ4v) is 4.89. The number of hydrogen-bond acceptors (Lipinski definition) is 0. The molecule has 0 saturated heterocycles. The minimum absolute atomic E-state index is 0.0515. The summed E-state index contributed by atoms with van der Waals surface area (Å²) >= 11 is 0. The maximum absolute atomic E-state index is 2.31. The Balaban J connectivity index is 2.05. The zero-order chi connectivity index (χ0) is 13.8. The van der Waals surface area contributed by atoms with E-state index in [4.69, 9.17) is 0 Å². The van der Waals surface area contributed by atoms with Crippen molar-refractivity contribution in [3.63, 3.8) is 0 Å². The van der Waals surface area contributed by atoms with Gasteiger partial charge in [0.25, 0.3) is 0 Å². The molecule has 0 saturated carbocycles. The summed E-state index contributed by atoms with van der Waals surface area (Å²) in [5.74, 6) is 0.637. The van der Waals surface area contributed by atoms with Gasteiger partial charge >= 0.3 is 0 Å². The monoisotopic (exact) mass is 279 g/mol. The minimum Gasteiger partial charge on any atom is -0.0810 e. The minimum atomic E-state index is 0.0515. The first-order valence-corrected chi connectivity index (χ1v) is 8.29. The molecule has 0 bridgehead atoms. The number of hydrogen-bond donors (Lipinski definition) is 0. The Morgan fingerprint density at radius 3 is 1.90 bits per heavy atom. The van der Waals surface area contributed by atoms with Crippen molar-refractivity contribution in [2.24, 2.45) is 5.92 Å². The Hall–Kier alpha value is -1.73. The Labute approximate surface area is 124 Å². The highest BCUT2D eigenvalue weighted by Gasteiger charge is 2.31. The molecule has 1 unspecified atom stereocenters. The fraction of sp³-hybridized carbons (Fsp3) is 0.158. The highest BCUT2D eigenvalue weighted by Crippen LogP contribution is 2.35. The lowest BCUT2D eigenvalue weighted by Gasteiger charge is -2.15. The molecule has 20 heavy (non-hydrogen) atoms. The van der Waals surface area contributed by atoms with Gasteiger partial charge in [0.2, 0.25) is 0 Å². The molecule has 0 spiro atoms. The molecule has 0 heterocycles. The van der Waals surface area contributed by atoms with E-state index in [1.807, 2.05) is 0 Å². The summed E-state index contributed by atoms with van der Waals surface area (Å²) in [5.41, 5.74) is 0. The first kappa shape index (κ1) is 13.3. The van der Waals surface area contributed by atoms with E-state index in [0.29, 0.717) is 5.92 Å². The van der Waals surface area contributed by atoms with Crippen LogP contribution in [0.25, 0.3) is 0 Å². The maximum atomic E-state index is 2.31. The Bertz CT molecular complexity index is 571. The molecule has 2 aromatic rings. The molecule has 0 fully saturated rings. The van der Waals surface area contributed by atoms with Gasteiger partial charge in [-0.1, -0.05) is 55.5 Å². The second-order valence-electron chi connectivity index (χ2n) is 5.13. The van der Waals surface area contributed by atoms with Crippen molar-refractivity contribution in [3.8, 4) is 0 Å². The summed E-state index contributed by atoms with van der Waals surface area (Å²) in [4.78, 5) is 4.36. The normalized spacial score (nSPS) is 18.1. The number of rotatable bonds is 3. The van der Waals surface area contributed by atoms with Crippen molar-refractivity contribution in [2.45, 2.75) is 23.1 Å². The quantitative estimate of drug-likeness (QED) is 0.677. The third kappa shape index (κ3) is 2.88. The fourth-order valence-electron chi connectivity index (χ4n) is 2.51. The van der Waals surface area contributed by atoms with Crippen LogP contribution >= 0.6 is 0 Å². The van der Waals surface area contributed by atoms with E-state index >= 15 is 0 Å². The number of allylic oxidation sites excluding steroid dienone is 4. The van der Waals surface area contributed by atoms with E-state index in [0.717, 1.165) is 6.42 Å². The average Bonchev–Trinajstić information content (AvgIpc) is 2.50. The zero-order valence-electron chi connectivity index (χ0n) is 11.7. The molecule has 3 rings (SSSR count). The van der Waals surface area contributed by atoms with Crippen molar-refractivity contribution in [2.75, 3.05) is 0 Å². The summed E-state index contributed by atoms with van der Waals surface area (Å²) in [6.07, 6.45) is 7.98. The predicted octanol–water partition coefficient (Wildman–Crippen LogP) is 5.20. The molecule has 1 atom stereocenters. The van der Waals surface area contributed by atoms with Crippen LogP contribution in [-0.2, 0) is 10.9 Å². The van der Waals surface area contributed by atoms with Crippen molar-refractivity contribution in [1.82, 2.24) is 0 Å². The molecule has 0 nitrogen and oxygen atoms in total. The molecule has 1 aliphatic rings. The molecule has 0 N–H and O–H groups in total. The van der Waals surface area contributed by atoms with Gasteiger partial charge in [-0.25, -0.2) is 0 Å². The van der Waals surface area contributed by atoms with Gasteiger partial charge in [-0.2, -0.15) is 0 Å². The van der Waals surface area contributed by atoms with Crippen LogP contribution in [0.1, 0.15) is 13.3 Å². The molecular weight excluding hydrogens is 260 g/mol. The summed E-state index contributed by atoms with van der Waals surface area (Å²) in [7, 11) is 0.0515. The van der Waals surface area contributed by atoms with E-state index in [1.54, 1.807) is 0 Å². The van der Waals surface area contributed by atoms with Crippen molar-refractivity contribution in [3.05, 3.63) is 83.8 Å². The third-order valence-corrected chi connectivity index (χ3v) is 5.78. The van der Waals surface area contributed by atoms with Gasteiger partial charge < -0.3 is 0 Å². The standard InChI is InChI=1S/C19H19S/c1-16-9-8-14-19(15-16)20(17-10-4-2-5-11-17)18-12-6-3-7-13-18/h2-14,16H,15H2,1H3/q+1. The van der Waals surface area contributed by atoms with Gasteiger partial charge in [-0.3, -0.25) is 0 Å². The highest BCUT2D eigenvalue weighted by molar-refractivity contribution is 8.00. The van der Waals surface area contributed by atoms with Crippen LogP contribution in [0.5, 0.6) is 0 Å². The predicted molar refractivity (Wildman–Crippen MR) is 87.8 cm³/mol. The molecule has 0 amide bonds. The molecule has 2 aromatic carbocycles. The van der Waals surface area contributed by atoms with Crippen molar-refractivity contribution >= 4 is 10.9 Å². The van der Waals surface area contributed by atoms with E-state index in [9.17, 15) is 0 Å². The molecule has 1 aliphatic carbocycles. The topological polar surface area (TPSA) is 0 Å². The molecular formula is C19H19S+. The van der Waals surface area contributed by atoms with Crippen LogP contribution in [0.15, 0.2) is 93.6 Å². The summed E-state index contributed by atoms with van der Waals surface area (Å²) in [5, 5.41) is 0. The van der Waals surface area contributed by atoms with E-state index < -0.39 is 0 Å². The van der Waals surface area contributed by atoms with Crippen LogP contribution in [0.3, 0.4) is 0 Å². The molecule has 1 heteroatoms. The first-order valence-electron chi connectivity index (χ1n) is 7.06. The highest BCUT2D eigenvalue weighted by atomic mass is 32.2. The van der Waals surface area contributed by atoms with Gasteiger partial charge in [-0.15, -0.1) is 0 Å². The third-order valence-electron chi connectivity index (χ3n) is 3.46. The largest absolute Gasteiger partial charge is 0.166 e. The van der Waals surface area contributed by atoms with Gasteiger partial charge in [0.05, 0.1) is 10.9 Å². The van der Waals surface area contributed by atoms with Gasteiger partial charge in [-0.05, 0) is 36.3 Å². The Morgan fingerprint density at radius 1 is 0.850 bits per heavy atom. The van der Waals surface area contributed by atoms with Gasteiger partial charge in [0, 0.05) is 6.42 Å².